The van der Waals surface area contributed by atoms with Crippen molar-refractivity contribution in [3.8, 4) is 12.3 Å². The summed E-state index contributed by atoms with van der Waals surface area (Å²) in [4.78, 5) is 12.6. The molecular formula is C12H8ClF2NO. The zero-order chi connectivity index (χ0) is 12.6. The van der Waals surface area contributed by atoms with Crippen molar-refractivity contribution < 1.29 is 13.6 Å². The molecule has 5 heteroatoms. The number of carbonyl (C=O) groups excluding carboxylic acids is 1. The summed E-state index contributed by atoms with van der Waals surface area (Å²) in [6.45, 7) is 0.130. The van der Waals surface area contributed by atoms with Gasteiger partial charge in [-0.1, -0.05) is 11.6 Å². The summed E-state index contributed by atoms with van der Waals surface area (Å²) in [6.07, 6.45) is 5.31. The molecule has 1 aliphatic heterocycles. The van der Waals surface area contributed by atoms with Crippen LogP contribution in [-0.4, -0.2) is 12.5 Å². The van der Waals surface area contributed by atoms with Crippen molar-refractivity contribution in [1.82, 2.24) is 0 Å². The van der Waals surface area contributed by atoms with Gasteiger partial charge in [-0.3, -0.25) is 4.79 Å². The van der Waals surface area contributed by atoms with E-state index in [1.165, 1.54) is 0 Å². The summed E-state index contributed by atoms with van der Waals surface area (Å²) in [5, 5.41) is -0.0519. The summed E-state index contributed by atoms with van der Waals surface area (Å²) in [6, 6.07) is 1.94. The van der Waals surface area contributed by atoms with Gasteiger partial charge in [-0.2, -0.15) is 0 Å². The maximum Gasteiger partial charge on any atom is 0.228 e. The third-order valence-corrected chi connectivity index (χ3v) is 2.83. The Kier molecular flexibility index (Phi) is 3.03. The van der Waals surface area contributed by atoms with Gasteiger partial charge in [-0.05, 0) is 12.1 Å². The highest BCUT2D eigenvalue weighted by Crippen LogP contribution is 2.31. The Hall–Kier alpha value is -1.60. The zero-order valence-corrected chi connectivity index (χ0v) is 9.47. The van der Waals surface area contributed by atoms with Crippen LogP contribution in [0.2, 0.25) is 5.02 Å². The molecule has 2 rings (SSSR count). The zero-order valence-electron chi connectivity index (χ0n) is 8.71. The molecule has 0 spiro atoms. The molecule has 1 heterocycles. The van der Waals surface area contributed by atoms with Gasteiger partial charge < -0.3 is 4.90 Å². The second-order valence-corrected chi connectivity index (χ2v) is 4.23. The van der Waals surface area contributed by atoms with Gasteiger partial charge in [0.25, 0.3) is 0 Å². The first-order valence-corrected chi connectivity index (χ1v) is 5.31. The molecule has 1 saturated heterocycles. The molecule has 1 fully saturated rings. The number of benzene rings is 1. The maximum atomic E-state index is 13.6. The fraction of sp³-hybridized carbons (Fsp3) is 0.250. The predicted octanol–water partition coefficient (Wildman–Crippen LogP) is 2.60. The van der Waals surface area contributed by atoms with Gasteiger partial charge in [0.1, 0.15) is 5.69 Å². The molecule has 2 nitrogen and oxygen atoms in total. The molecule has 0 N–H and O–H groups in total. The van der Waals surface area contributed by atoms with Crippen molar-refractivity contribution in [1.29, 1.82) is 0 Å². The van der Waals surface area contributed by atoms with Gasteiger partial charge in [0.2, 0.25) is 5.91 Å². The normalized spacial score (nSPS) is 19.5. The first-order valence-electron chi connectivity index (χ1n) is 4.94. The lowest BCUT2D eigenvalue weighted by atomic mass is 10.1. The lowest BCUT2D eigenvalue weighted by Gasteiger charge is -2.17. The molecule has 0 saturated carbocycles. The lowest BCUT2D eigenvalue weighted by molar-refractivity contribution is -0.117. The minimum atomic E-state index is -0.860. The molecule has 1 aromatic rings. The molecule has 1 atom stereocenters. The van der Waals surface area contributed by atoms with E-state index in [1.807, 2.05) is 0 Å². The van der Waals surface area contributed by atoms with Crippen LogP contribution >= 0.6 is 11.6 Å². The summed E-state index contributed by atoms with van der Waals surface area (Å²) >= 11 is 5.51. The minimum absolute atomic E-state index is 0.0519. The van der Waals surface area contributed by atoms with Gasteiger partial charge >= 0.3 is 0 Å². The van der Waals surface area contributed by atoms with Gasteiger partial charge in [0, 0.05) is 23.9 Å². The Labute approximate surface area is 102 Å². The number of halogens is 3. The summed E-state index contributed by atoms with van der Waals surface area (Å²) in [5.74, 6) is 0.000802. The molecule has 1 aromatic carbocycles. The molecule has 1 unspecified atom stereocenters. The maximum absolute atomic E-state index is 13.6. The number of amides is 1. The van der Waals surface area contributed by atoms with E-state index >= 15 is 0 Å². The molecular weight excluding hydrogens is 248 g/mol. The Bertz CT molecular complexity index is 501. The van der Waals surface area contributed by atoms with E-state index in [9.17, 15) is 13.6 Å². The average molecular weight is 256 g/mol. The highest BCUT2D eigenvalue weighted by atomic mass is 35.5. The minimum Gasteiger partial charge on any atom is -0.306 e. The van der Waals surface area contributed by atoms with Gasteiger partial charge in [0.15, 0.2) is 11.6 Å². The first kappa shape index (κ1) is 11.9. The third kappa shape index (κ3) is 2.11. The highest BCUT2D eigenvalue weighted by molar-refractivity contribution is 6.30. The number of hydrogen-bond acceptors (Lipinski definition) is 1. The van der Waals surface area contributed by atoms with E-state index < -0.39 is 11.6 Å². The lowest BCUT2D eigenvalue weighted by Crippen LogP contribution is -2.26. The number of terminal acetylenes is 1. The van der Waals surface area contributed by atoms with Crippen LogP contribution in [0.25, 0.3) is 0 Å². The second-order valence-electron chi connectivity index (χ2n) is 3.79. The summed E-state index contributed by atoms with van der Waals surface area (Å²) < 4.78 is 27.2. The number of nitrogens with zero attached hydrogens (tertiary/aromatic N) is 1. The van der Waals surface area contributed by atoms with E-state index in [2.05, 4.69) is 5.92 Å². The first-order chi connectivity index (χ1) is 8.02. The number of carbonyl (C=O) groups is 1. The van der Waals surface area contributed by atoms with Crippen LogP contribution in [0.5, 0.6) is 0 Å². The van der Waals surface area contributed by atoms with Crippen molar-refractivity contribution in [2.45, 2.75) is 6.42 Å². The average Bonchev–Trinajstić information content (AvgIpc) is 2.59. The monoisotopic (exact) mass is 255 g/mol. The van der Waals surface area contributed by atoms with Crippen molar-refractivity contribution in [3.05, 3.63) is 28.8 Å². The smallest absolute Gasteiger partial charge is 0.228 e. The Morgan fingerprint density at radius 2 is 2.00 bits per heavy atom. The fourth-order valence-electron chi connectivity index (χ4n) is 1.83. The second kappa shape index (κ2) is 4.34. The topological polar surface area (TPSA) is 20.3 Å². The van der Waals surface area contributed by atoms with Crippen molar-refractivity contribution in [2.75, 3.05) is 11.4 Å². The number of anilines is 1. The van der Waals surface area contributed by atoms with Crippen LogP contribution in [0.1, 0.15) is 6.42 Å². The van der Waals surface area contributed by atoms with Crippen LogP contribution in [0.4, 0.5) is 14.5 Å². The van der Waals surface area contributed by atoms with E-state index in [0.717, 1.165) is 17.0 Å². The SMILES string of the molecule is C#CC1CC(=O)N(c2c(F)cc(Cl)cc2F)C1. The Morgan fingerprint density at radius 1 is 1.41 bits per heavy atom. The summed E-state index contributed by atoms with van der Waals surface area (Å²) in [5.41, 5.74) is -0.378. The van der Waals surface area contributed by atoms with Crippen LogP contribution < -0.4 is 4.90 Å². The largest absolute Gasteiger partial charge is 0.306 e. The van der Waals surface area contributed by atoms with Crippen molar-refractivity contribution in [2.24, 2.45) is 5.92 Å². The van der Waals surface area contributed by atoms with E-state index in [0.29, 0.717) is 0 Å². The van der Waals surface area contributed by atoms with E-state index in [4.69, 9.17) is 18.0 Å². The van der Waals surface area contributed by atoms with Crippen molar-refractivity contribution >= 4 is 23.2 Å². The molecule has 1 amide bonds. The van der Waals surface area contributed by atoms with Gasteiger partial charge in [0.05, 0.1) is 0 Å². The van der Waals surface area contributed by atoms with Crippen LogP contribution in [0.15, 0.2) is 12.1 Å². The molecule has 0 aliphatic carbocycles. The number of hydrogen-bond donors (Lipinski definition) is 0. The molecule has 0 bridgehead atoms. The molecule has 0 radical (unpaired) electrons. The Morgan fingerprint density at radius 3 is 2.47 bits per heavy atom. The summed E-state index contributed by atoms with van der Waals surface area (Å²) in [7, 11) is 0. The van der Waals surface area contributed by atoms with Crippen molar-refractivity contribution in [3.63, 3.8) is 0 Å². The van der Waals surface area contributed by atoms with E-state index in [-0.39, 0.29) is 35.5 Å². The standard InChI is InChI=1S/C12H8ClF2NO/c1-2-7-3-11(17)16(6-7)12-9(14)4-8(13)5-10(12)15/h1,4-5,7H,3,6H2. The van der Waals surface area contributed by atoms with Crippen LogP contribution in [0.3, 0.4) is 0 Å². The van der Waals surface area contributed by atoms with Gasteiger partial charge in [-0.25, -0.2) is 8.78 Å². The van der Waals surface area contributed by atoms with Crippen LogP contribution in [0, 0.1) is 29.9 Å². The molecule has 17 heavy (non-hydrogen) atoms. The molecule has 0 aromatic heterocycles. The third-order valence-electron chi connectivity index (χ3n) is 2.61. The highest BCUT2D eigenvalue weighted by Gasteiger charge is 2.32. The van der Waals surface area contributed by atoms with Crippen LogP contribution in [-0.2, 0) is 4.79 Å². The number of rotatable bonds is 1. The molecule has 1 aliphatic rings. The molecule has 88 valence electrons. The fourth-order valence-corrected chi connectivity index (χ4v) is 2.02. The quantitative estimate of drug-likeness (QED) is 0.707. The van der Waals surface area contributed by atoms with Gasteiger partial charge in [-0.15, -0.1) is 12.3 Å². The predicted molar refractivity (Wildman–Crippen MR) is 60.7 cm³/mol. The Balaban J connectivity index is 2.42. The van der Waals surface area contributed by atoms with E-state index in [1.54, 1.807) is 0 Å².